The van der Waals surface area contributed by atoms with Crippen LogP contribution >= 0.6 is 0 Å². The molecule has 0 amide bonds. The molecule has 4 aliphatic rings. The molecule has 0 aliphatic heterocycles. The van der Waals surface area contributed by atoms with Gasteiger partial charge in [0.05, 0.1) is 0 Å². The number of rotatable bonds is 0. The summed E-state index contributed by atoms with van der Waals surface area (Å²) in [6, 6.07) is 0. The van der Waals surface area contributed by atoms with Crippen molar-refractivity contribution in [2.24, 2.45) is 29.1 Å². The molecular weight excluding hydrogens is 284 g/mol. The molecule has 6 atom stereocenters. The van der Waals surface area contributed by atoms with E-state index in [9.17, 15) is 9.90 Å². The minimum Gasteiger partial charge on any atom is -0.377 e. The standard InChI is InChI=1S/C21H28O2/c1-4-21(23)10-8-18-19-13(2)11-14-12-15(22)5-6-16(14)17(19)7-9-20(18,21)3/h1,13,17-19,23H,5-12H2,2-3H3/t13-,17+,18-,19+,20+,21+/m1/s1. The van der Waals surface area contributed by atoms with Gasteiger partial charge in [0.1, 0.15) is 11.4 Å². The molecule has 0 aromatic heterocycles. The van der Waals surface area contributed by atoms with Gasteiger partial charge in [0.2, 0.25) is 0 Å². The van der Waals surface area contributed by atoms with Crippen molar-refractivity contribution in [2.75, 3.05) is 0 Å². The zero-order chi connectivity index (χ0) is 16.4. The molecule has 0 heterocycles. The van der Waals surface area contributed by atoms with Crippen molar-refractivity contribution in [1.29, 1.82) is 0 Å². The Balaban J connectivity index is 1.72. The van der Waals surface area contributed by atoms with E-state index in [4.69, 9.17) is 6.42 Å². The number of carbonyl (C=O) groups excluding carboxylic acids is 1. The van der Waals surface area contributed by atoms with Crippen LogP contribution in [0.5, 0.6) is 0 Å². The number of allylic oxidation sites excluding steroid dienone is 2. The summed E-state index contributed by atoms with van der Waals surface area (Å²) in [6.07, 6.45) is 13.2. The predicted octanol–water partition coefficient (Wildman–Crippen LogP) is 3.88. The van der Waals surface area contributed by atoms with E-state index in [-0.39, 0.29) is 5.41 Å². The van der Waals surface area contributed by atoms with E-state index in [1.54, 1.807) is 5.57 Å². The first-order valence-corrected chi connectivity index (χ1v) is 9.32. The Morgan fingerprint density at radius 3 is 2.78 bits per heavy atom. The smallest absolute Gasteiger partial charge is 0.137 e. The number of terminal acetylenes is 1. The molecule has 0 aromatic rings. The second-order valence-corrected chi connectivity index (χ2v) is 8.82. The number of hydrogen-bond donors (Lipinski definition) is 1. The first-order chi connectivity index (χ1) is 10.9. The summed E-state index contributed by atoms with van der Waals surface area (Å²) >= 11 is 0. The van der Waals surface area contributed by atoms with Crippen LogP contribution in [0, 0.1) is 41.4 Å². The molecule has 124 valence electrons. The molecule has 2 saturated carbocycles. The summed E-state index contributed by atoms with van der Waals surface area (Å²) in [5, 5.41) is 11.0. The lowest BCUT2D eigenvalue weighted by atomic mass is 9.50. The number of Topliss-reactive ketones (excluding diaryl/α,β-unsaturated/α-hetero) is 1. The van der Waals surface area contributed by atoms with E-state index in [2.05, 4.69) is 19.8 Å². The molecule has 2 nitrogen and oxygen atoms in total. The highest BCUT2D eigenvalue weighted by Crippen LogP contribution is 2.65. The molecule has 4 aliphatic carbocycles. The fraction of sp³-hybridized carbons (Fsp3) is 0.762. The topological polar surface area (TPSA) is 37.3 Å². The Morgan fingerprint density at radius 2 is 2.04 bits per heavy atom. The van der Waals surface area contributed by atoms with Crippen LogP contribution in [0.3, 0.4) is 0 Å². The number of hydrogen-bond acceptors (Lipinski definition) is 2. The second-order valence-electron chi connectivity index (χ2n) is 8.82. The van der Waals surface area contributed by atoms with Crippen LogP contribution in [0.2, 0.25) is 0 Å². The van der Waals surface area contributed by atoms with E-state index in [1.165, 1.54) is 5.57 Å². The van der Waals surface area contributed by atoms with Gasteiger partial charge in [0.15, 0.2) is 0 Å². The molecular formula is C21H28O2. The Labute approximate surface area is 139 Å². The number of ketones is 1. The van der Waals surface area contributed by atoms with Crippen molar-refractivity contribution in [2.45, 2.75) is 70.8 Å². The van der Waals surface area contributed by atoms with Gasteiger partial charge in [-0.15, -0.1) is 6.42 Å². The summed E-state index contributed by atoms with van der Waals surface area (Å²) in [5.74, 6) is 5.60. The van der Waals surface area contributed by atoms with Gasteiger partial charge in [-0.2, -0.15) is 0 Å². The highest BCUT2D eigenvalue weighted by molar-refractivity contribution is 5.82. The lowest BCUT2D eigenvalue weighted by Gasteiger charge is -2.55. The molecule has 2 fully saturated rings. The summed E-state index contributed by atoms with van der Waals surface area (Å²) in [7, 11) is 0. The fourth-order valence-corrected chi connectivity index (χ4v) is 6.72. The average molecular weight is 312 g/mol. The van der Waals surface area contributed by atoms with Crippen LogP contribution in [0.15, 0.2) is 11.1 Å². The highest BCUT2D eigenvalue weighted by atomic mass is 16.3. The van der Waals surface area contributed by atoms with Gasteiger partial charge in [-0.05, 0) is 62.2 Å². The van der Waals surface area contributed by atoms with E-state index >= 15 is 0 Å². The third-order valence-corrected chi connectivity index (χ3v) is 7.93. The fourth-order valence-electron chi connectivity index (χ4n) is 6.72. The molecule has 0 bridgehead atoms. The van der Waals surface area contributed by atoms with Gasteiger partial charge in [-0.25, -0.2) is 0 Å². The predicted molar refractivity (Wildman–Crippen MR) is 90.5 cm³/mol. The number of aliphatic hydroxyl groups is 1. The molecule has 23 heavy (non-hydrogen) atoms. The first kappa shape index (κ1) is 15.5. The number of carbonyl (C=O) groups is 1. The van der Waals surface area contributed by atoms with Crippen LogP contribution < -0.4 is 0 Å². The molecule has 1 N–H and O–H groups in total. The van der Waals surface area contributed by atoms with E-state index in [0.717, 1.165) is 44.9 Å². The Kier molecular flexibility index (Phi) is 3.34. The van der Waals surface area contributed by atoms with Gasteiger partial charge >= 0.3 is 0 Å². The lowest BCUT2D eigenvalue weighted by Crippen LogP contribution is -2.52. The number of fused-ring (bicyclic) bond motifs is 4. The SMILES string of the molecule is C#C[C@]1(O)CC[C@@H]2[C@H]3[C@H](C)CC4=C(CCC(=O)C4)[C@@H]3CC[C@@]21C. The molecule has 4 rings (SSSR count). The first-order valence-electron chi connectivity index (χ1n) is 9.32. The van der Waals surface area contributed by atoms with Crippen molar-refractivity contribution in [3.8, 4) is 12.3 Å². The monoisotopic (exact) mass is 312 g/mol. The summed E-state index contributed by atoms with van der Waals surface area (Å²) in [6.45, 7) is 4.60. The highest BCUT2D eigenvalue weighted by Gasteiger charge is 2.62. The molecule has 0 radical (unpaired) electrons. The maximum Gasteiger partial charge on any atom is 0.137 e. The molecule has 0 spiro atoms. The van der Waals surface area contributed by atoms with Crippen LogP contribution in [0.4, 0.5) is 0 Å². The molecule has 0 saturated heterocycles. The van der Waals surface area contributed by atoms with Gasteiger partial charge in [0.25, 0.3) is 0 Å². The van der Waals surface area contributed by atoms with Crippen molar-refractivity contribution in [3.05, 3.63) is 11.1 Å². The van der Waals surface area contributed by atoms with Crippen molar-refractivity contribution in [1.82, 2.24) is 0 Å². The summed E-state index contributed by atoms with van der Waals surface area (Å²) in [5.41, 5.74) is 2.04. The minimum absolute atomic E-state index is 0.125. The lowest BCUT2D eigenvalue weighted by molar-refractivity contribution is -0.119. The third-order valence-electron chi connectivity index (χ3n) is 7.93. The summed E-state index contributed by atoms with van der Waals surface area (Å²) < 4.78 is 0. The zero-order valence-electron chi connectivity index (χ0n) is 14.4. The normalized spacial score (nSPS) is 49.2. The van der Waals surface area contributed by atoms with E-state index < -0.39 is 5.60 Å². The molecule has 0 aromatic carbocycles. The van der Waals surface area contributed by atoms with E-state index in [1.807, 2.05) is 0 Å². The Hall–Kier alpha value is -1.07. The van der Waals surface area contributed by atoms with Crippen molar-refractivity contribution < 1.29 is 9.90 Å². The van der Waals surface area contributed by atoms with Gasteiger partial charge in [-0.1, -0.05) is 30.9 Å². The summed E-state index contributed by atoms with van der Waals surface area (Å²) in [4.78, 5) is 11.9. The zero-order valence-corrected chi connectivity index (χ0v) is 14.4. The van der Waals surface area contributed by atoms with Crippen molar-refractivity contribution >= 4 is 5.78 Å². The van der Waals surface area contributed by atoms with Crippen LogP contribution in [-0.2, 0) is 4.79 Å². The van der Waals surface area contributed by atoms with E-state index in [0.29, 0.717) is 35.9 Å². The second kappa shape index (κ2) is 4.96. The van der Waals surface area contributed by atoms with Gasteiger partial charge in [0, 0.05) is 18.3 Å². The molecule has 2 heteroatoms. The van der Waals surface area contributed by atoms with Crippen molar-refractivity contribution in [3.63, 3.8) is 0 Å². The van der Waals surface area contributed by atoms with Crippen LogP contribution in [0.25, 0.3) is 0 Å². The quantitative estimate of drug-likeness (QED) is 0.544. The van der Waals surface area contributed by atoms with Crippen LogP contribution in [0.1, 0.15) is 65.2 Å². The Morgan fingerprint density at radius 1 is 1.26 bits per heavy atom. The third kappa shape index (κ3) is 1.96. The largest absolute Gasteiger partial charge is 0.377 e. The van der Waals surface area contributed by atoms with Gasteiger partial charge < -0.3 is 5.11 Å². The minimum atomic E-state index is -0.917. The van der Waals surface area contributed by atoms with Crippen LogP contribution in [-0.4, -0.2) is 16.5 Å². The van der Waals surface area contributed by atoms with Gasteiger partial charge in [-0.3, -0.25) is 4.79 Å². The molecule has 0 unspecified atom stereocenters. The maximum absolute atomic E-state index is 11.9. The Bertz CT molecular complexity index is 624. The maximum atomic E-state index is 11.9. The average Bonchev–Trinajstić information content (AvgIpc) is 2.79.